The highest BCUT2D eigenvalue weighted by Crippen LogP contribution is 2.41. The first-order valence-electron chi connectivity index (χ1n) is 11.5. The maximum absolute atomic E-state index is 13.7. The molecule has 0 saturated heterocycles. The van der Waals surface area contributed by atoms with Gasteiger partial charge in [-0.2, -0.15) is 0 Å². The molecular formula is C29H23N2O4+. The van der Waals surface area contributed by atoms with E-state index in [1.165, 1.54) is 0 Å². The highest BCUT2D eigenvalue weighted by molar-refractivity contribution is 6.32. The molecule has 3 aliphatic rings. The van der Waals surface area contributed by atoms with Gasteiger partial charge < -0.3 is 14.8 Å². The van der Waals surface area contributed by atoms with Crippen molar-refractivity contribution < 1.29 is 24.1 Å². The lowest BCUT2D eigenvalue weighted by molar-refractivity contribution is -0.363. The number of hydrogen-bond donors (Lipinski definition) is 2. The van der Waals surface area contributed by atoms with Crippen molar-refractivity contribution in [3.05, 3.63) is 106 Å². The van der Waals surface area contributed by atoms with E-state index in [1.807, 2.05) is 55.5 Å². The molecule has 6 nitrogen and oxygen atoms in total. The van der Waals surface area contributed by atoms with Gasteiger partial charge in [-0.1, -0.05) is 48.6 Å². The van der Waals surface area contributed by atoms with Gasteiger partial charge in [0.25, 0.3) is 5.69 Å². The van der Waals surface area contributed by atoms with E-state index < -0.39 is 0 Å². The van der Waals surface area contributed by atoms with Crippen LogP contribution in [0.3, 0.4) is 0 Å². The lowest BCUT2D eigenvalue weighted by Gasteiger charge is -2.26. The predicted molar refractivity (Wildman–Crippen MR) is 133 cm³/mol. The normalized spacial score (nSPS) is 17.3. The van der Waals surface area contributed by atoms with Crippen LogP contribution in [-0.4, -0.2) is 30.5 Å². The van der Waals surface area contributed by atoms with Gasteiger partial charge in [0.15, 0.2) is 11.5 Å². The van der Waals surface area contributed by atoms with Crippen LogP contribution in [0.1, 0.15) is 44.3 Å². The van der Waals surface area contributed by atoms with Crippen molar-refractivity contribution in [2.75, 3.05) is 12.4 Å². The Hall–Kier alpha value is -4.45. The fourth-order valence-corrected chi connectivity index (χ4v) is 4.82. The van der Waals surface area contributed by atoms with Gasteiger partial charge in [-0.3, -0.25) is 9.59 Å². The van der Waals surface area contributed by atoms with E-state index in [2.05, 4.69) is 10.3 Å². The Kier molecular flexibility index (Phi) is 4.88. The van der Waals surface area contributed by atoms with Gasteiger partial charge in [0.1, 0.15) is 11.3 Å². The zero-order valence-corrected chi connectivity index (χ0v) is 19.3. The molecule has 0 bridgehead atoms. The number of benzene rings is 3. The predicted octanol–water partition coefficient (Wildman–Crippen LogP) is 3.51. The van der Waals surface area contributed by atoms with Crippen molar-refractivity contribution in [3.63, 3.8) is 0 Å². The Bertz CT molecular complexity index is 1500. The Balaban J connectivity index is 1.50. The minimum absolute atomic E-state index is 0.181. The smallest absolute Gasteiger partial charge is 0.258 e. The van der Waals surface area contributed by atoms with Crippen LogP contribution in [0.25, 0.3) is 0 Å². The number of anilines is 1. The molecule has 1 aliphatic heterocycles. The number of carbonyl (C=O) groups excluding carboxylic acids is 2. The summed E-state index contributed by atoms with van der Waals surface area (Å²) >= 11 is 0. The van der Waals surface area contributed by atoms with Crippen molar-refractivity contribution in [1.29, 1.82) is 0 Å². The number of carbonyl (C=O) groups is 2. The Morgan fingerprint density at radius 2 is 1.71 bits per heavy atom. The molecule has 0 fully saturated rings. The van der Waals surface area contributed by atoms with Crippen LogP contribution in [0, 0.1) is 0 Å². The quantitative estimate of drug-likeness (QED) is 0.484. The molecule has 3 aromatic carbocycles. The van der Waals surface area contributed by atoms with E-state index in [0.29, 0.717) is 45.9 Å². The topological polar surface area (TPSA) is 78.6 Å². The van der Waals surface area contributed by atoms with E-state index in [9.17, 15) is 9.59 Å². The molecule has 3 aromatic rings. The number of nitrogens with one attached hydrogen (secondary N) is 2. The highest BCUT2D eigenvalue weighted by atomic mass is 16.5. The van der Waals surface area contributed by atoms with E-state index in [1.54, 1.807) is 31.4 Å². The molecule has 0 spiro atoms. The summed E-state index contributed by atoms with van der Waals surface area (Å²) in [4.78, 5) is 30.9. The first-order valence-corrected chi connectivity index (χ1v) is 11.5. The molecule has 1 heterocycles. The Morgan fingerprint density at radius 1 is 1.00 bits per heavy atom. The summed E-state index contributed by atoms with van der Waals surface area (Å²) in [6.45, 7) is 2.46. The van der Waals surface area contributed by atoms with Crippen molar-refractivity contribution >= 4 is 28.7 Å². The van der Waals surface area contributed by atoms with E-state index in [4.69, 9.17) is 9.47 Å². The minimum atomic E-state index is -0.276. The van der Waals surface area contributed by atoms with Gasteiger partial charge in [-0.25, -0.2) is 4.99 Å². The molecule has 2 N–H and O–H groups in total. The molecule has 0 saturated carbocycles. The van der Waals surface area contributed by atoms with Crippen LogP contribution in [0.2, 0.25) is 0 Å². The monoisotopic (exact) mass is 463 g/mol. The first-order chi connectivity index (χ1) is 17.0. The minimum Gasteiger partial charge on any atom is -0.497 e. The zero-order valence-electron chi connectivity index (χ0n) is 19.3. The average Bonchev–Trinajstić information content (AvgIpc) is 2.89. The molecule has 1 atom stereocenters. The number of methoxy groups -OCH3 is 1. The van der Waals surface area contributed by atoms with Crippen molar-refractivity contribution in [1.82, 2.24) is 0 Å². The number of rotatable bonds is 4. The van der Waals surface area contributed by atoms with Crippen LogP contribution in [0.5, 0.6) is 11.5 Å². The molecule has 6 rings (SSSR count). The summed E-state index contributed by atoms with van der Waals surface area (Å²) in [5.74, 6) is 0.936. The summed E-state index contributed by atoms with van der Waals surface area (Å²) in [7, 11) is 1.63. The average molecular weight is 464 g/mol. The summed E-state index contributed by atoms with van der Waals surface area (Å²) in [6.07, 6.45) is 5.64. The Labute approximate surface area is 202 Å². The van der Waals surface area contributed by atoms with Crippen molar-refractivity contribution in [3.8, 4) is 11.5 Å². The fourth-order valence-electron chi connectivity index (χ4n) is 4.82. The molecule has 0 amide bonds. The zero-order chi connectivity index (χ0) is 24.1. The van der Waals surface area contributed by atoms with Crippen LogP contribution in [0.4, 0.5) is 11.4 Å². The maximum Gasteiger partial charge on any atom is 0.258 e. The summed E-state index contributed by atoms with van der Waals surface area (Å²) in [5.41, 5.74) is 5.55. The summed E-state index contributed by atoms with van der Waals surface area (Å²) in [6, 6.07) is 16.5. The standard InChI is InChI=1S/C29H22N2O4/c1-16-6-5-9-22-26(16)31-27-23(35-22)14-21(30-15-17-10-12-18(34-2)13-11-17)24-25(27)29(33)20-8-4-3-7-19(20)28(24)32/h3-14,22,30H,15H2,1-2H3/p+1. The SMILES string of the molecule is COc1ccc(CNc2cc3c(c4c2C(=O)c2ccccc2C4=O)[NH+]=C2C(C)=CC=CC2O3)cc1. The molecule has 1 unspecified atom stereocenters. The second-order valence-electron chi connectivity index (χ2n) is 8.76. The summed E-state index contributed by atoms with van der Waals surface area (Å²) < 4.78 is 11.6. The molecular weight excluding hydrogens is 440 g/mol. The number of allylic oxidation sites excluding steroid dienone is 2. The van der Waals surface area contributed by atoms with Crippen LogP contribution >= 0.6 is 0 Å². The van der Waals surface area contributed by atoms with Gasteiger partial charge in [-0.05, 0) is 30.7 Å². The number of hydrogen-bond acceptors (Lipinski definition) is 5. The molecule has 35 heavy (non-hydrogen) atoms. The first kappa shape index (κ1) is 21.1. The molecule has 6 heteroatoms. The van der Waals surface area contributed by atoms with E-state index in [0.717, 1.165) is 22.6 Å². The third-order valence-corrected chi connectivity index (χ3v) is 6.66. The number of ketones is 2. The second kappa shape index (κ2) is 8.09. The van der Waals surface area contributed by atoms with Crippen LogP contribution < -0.4 is 19.8 Å². The second-order valence-corrected chi connectivity index (χ2v) is 8.76. The van der Waals surface area contributed by atoms with Crippen LogP contribution in [-0.2, 0) is 6.54 Å². The van der Waals surface area contributed by atoms with Crippen molar-refractivity contribution in [2.24, 2.45) is 0 Å². The van der Waals surface area contributed by atoms with Crippen LogP contribution in [0.15, 0.2) is 78.4 Å². The van der Waals surface area contributed by atoms with Gasteiger partial charge >= 0.3 is 0 Å². The van der Waals surface area contributed by atoms with Gasteiger partial charge in [0.2, 0.25) is 17.6 Å². The maximum atomic E-state index is 13.7. The summed E-state index contributed by atoms with van der Waals surface area (Å²) in [5, 5.41) is 3.38. The molecule has 0 aromatic heterocycles. The van der Waals surface area contributed by atoms with E-state index >= 15 is 0 Å². The highest BCUT2D eigenvalue weighted by Gasteiger charge is 2.41. The lowest BCUT2D eigenvalue weighted by atomic mass is 9.81. The lowest BCUT2D eigenvalue weighted by Crippen LogP contribution is -2.73. The fraction of sp³-hybridized carbons (Fsp3) is 0.138. The van der Waals surface area contributed by atoms with E-state index in [-0.39, 0.29) is 17.7 Å². The molecule has 0 radical (unpaired) electrons. The van der Waals surface area contributed by atoms with Gasteiger partial charge in [-0.15, -0.1) is 0 Å². The van der Waals surface area contributed by atoms with Gasteiger partial charge in [0, 0.05) is 29.3 Å². The number of ether oxygens (including phenoxy) is 2. The van der Waals surface area contributed by atoms with Gasteiger partial charge in [0.05, 0.1) is 18.4 Å². The number of fused-ring (bicyclic) bond motifs is 5. The third kappa shape index (κ3) is 3.37. The molecule has 2 aliphatic carbocycles. The Morgan fingerprint density at radius 3 is 2.43 bits per heavy atom. The third-order valence-electron chi connectivity index (χ3n) is 6.66. The largest absolute Gasteiger partial charge is 0.497 e. The van der Waals surface area contributed by atoms with Crippen molar-refractivity contribution in [2.45, 2.75) is 19.6 Å². The molecule has 172 valence electrons.